The van der Waals surface area contributed by atoms with Crippen LogP contribution in [0.15, 0.2) is 42.9 Å². The van der Waals surface area contributed by atoms with Crippen molar-refractivity contribution in [2.75, 3.05) is 10.6 Å². The summed E-state index contributed by atoms with van der Waals surface area (Å²) in [5.41, 5.74) is -0.248. The molecule has 3 aromatic heterocycles. The largest absolute Gasteiger partial charge is 0.417 e. The van der Waals surface area contributed by atoms with Gasteiger partial charge in [0.05, 0.1) is 17.4 Å². The molecule has 2 N–H and O–H groups in total. The van der Waals surface area contributed by atoms with Crippen LogP contribution in [0.5, 0.6) is 0 Å². The molecule has 0 aliphatic heterocycles. The topological polar surface area (TPSA) is 88.5 Å². The summed E-state index contributed by atoms with van der Waals surface area (Å²) in [7, 11) is 0. The highest BCUT2D eigenvalue weighted by Crippen LogP contribution is 2.30. The number of pyridine rings is 2. The lowest BCUT2D eigenvalue weighted by Gasteiger charge is -2.12. The maximum Gasteiger partial charge on any atom is 0.417 e. The average Bonchev–Trinajstić information content (AvgIpc) is 2.61. The lowest BCUT2D eigenvalue weighted by Crippen LogP contribution is -2.15. The molecule has 0 fully saturated rings. The first-order valence-electron chi connectivity index (χ1n) is 8.04. The standard InChI is InChI=1S/C17H16F3N7/c1-10(2)23-15-25-14(13-5-3-4-6-22-13)26-16(27-15)24-12-7-11(8-21-9-12)17(18,19)20/h3-10H,1-2H3,(H2,23,24,25,26,27). The van der Waals surface area contributed by atoms with Crippen LogP contribution < -0.4 is 10.6 Å². The van der Waals surface area contributed by atoms with Crippen molar-refractivity contribution in [1.82, 2.24) is 24.9 Å². The number of nitrogens with zero attached hydrogens (tertiary/aromatic N) is 5. The predicted molar refractivity (Wildman–Crippen MR) is 94.3 cm³/mol. The third kappa shape index (κ3) is 4.87. The van der Waals surface area contributed by atoms with Gasteiger partial charge in [0.25, 0.3) is 0 Å². The molecule has 0 amide bonds. The Labute approximate surface area is 153 Å². The van der Waals surface area contributed by atoms with E-state index in [0.29, 0.717) is 5.69 Å². The van der Waals surface area contributed by atoms with Crippen LogP contribution >= 0.6 is 0 Å². The molecule has 3 aromatic rings. The fourth-order valence-electron chi connectivity index (χ4n) is 2.16. The third-order valence-corrected chi connectivity index (χ3v) is 3.27. The summed E-state index contributed by atoms with van der Waals surface area (Å²) in [5.74, 6) is 0.647. The summed E-state index contributed by atoms with van der Waals surface area (Å²) >= 11 is 0. The Kier molecular flexibility index (Phi) is 5.15. The Hall–Kier alpha value is -3.30. The van der Waals surface area contributed by atoms with Gasteiger partial charge in [-0.05, 0) is 32.0 Å². The van der Waals surface area contributed by atoms with Crippen molar-refractivity contribution in [2.24, 2.45) is 0 Å². The fraction of sp³-hybridized carbons (Fsp3) is 0.235. The summed E-state index contributed by atoms with van der Waals surface area (Å²) < 4.78 is 38.6. The lowest BCUT2D eigenvalue weighted by molar-refractivity contribution is -0.137. The Bertz CT molecular complexity index is 914. The maximum absolute atomic E-state index is 12.9. The van der Waals surface area contributed by atoms with Crippen molar-refractivity contribution in [1.29, 1.82) is 0 Å². The van der Waals surface area contributed by atoms with Gasteiger partial charge in [-0.2, -0.15) is 28.1 Å². The number of rotatable bonds is 5. The highest BCUT2D eigenvalue weighted by atomic mass is 19.4. The summed E-state index contributed by atoms with van der Waals surface area (Å²) in [6, 6.07) is 6.25. The van der Waals surface area contributed by atoms with Gasteiger partial charge in [0.1, 0.15) is 5.69 Å². The molecule has 0 aliphatic carbocycles. The molecule has 0 spiro atoms. The first-order valence-corrected chi connectivity index (χ1v) is 8.04. The number of hydrogen-bond acceptors (Lipinski definition) is 7. The molecule has 0 bridgehead atoms. The van der Waals surface area contributed by atoms with E-state index in [-0.39, 0.29) is 29.5 Å². The number of anilines is 3. The normalized spacial score (nSPS) is 11.5. The molecule has 0 atom stereocenters. The van der Waals surface area contributed by atoms with Gasteiger partial charge in [-0.15, -0.1) is 0 Å². The molecule has 3 heterocycles. The molecule has 0 saturated carbocycles. The minimum atomic E-state index is -4.49. The lowest BCUT2D eigenvalue weighted by atomic mass is 10.2. The van der Waals surface area contributed by atoms with Crippen LogP contribution in [0, 0.1) is 0 Å². The SMILES string of the molecule is CC(C)Nc1nc(Nc2cncc(C(F)(F)F)c2)nc(-c2ccccn2)n1. The molecule has 27 heavy (non-hydrogen) atoms. The molecule has 140 valence electrons. The van der Waals surface area contributed by atoms with E-state index in [2.05, 4.69) is 35.6 Å². The second-order valence-corrected chi connectivity index (χ2v) is 5.91. The van der Waals surface area contributed by atoms with Crippen molar-refractivity contribution >= 4 is 17.6 Å². The minimum absolute atomic E-state index is 0.0482. The van der Waals surface area contributed by atoms with Gasteiger partial charge in [0.15, 0.2) is 5.82 Å². The molecule has 0 radical (unpaired) electrons. The molecule has 3 rings (SSSR count). The summed E-state index contributed by atoms with van der Waals surface area (Å²) in [6.07, 6.45) is -0.884. The maximum atomic E-state index is 12.9. The van der Waals surface area contributed by atoms with E-state index in [1.165, 1.54) is 6.20 Å². The van der Waals surface area contributed by atoms with Crippen LogP contribution in [0.25, 0.3) is 11.5 Å². The predicted octanol–water partition coefficient (Wildman–Crippen LogP) is 3.91. The van der Waals surface area contributed by atoms with E-state index in [0.717, 1.165) is 12.3 Å². The number of hydrogen-bond donors (Lipinski definition) is 2. The van der Waals surface area contributed by atoms with Crippen LogP contribution in [-0.4, -0.2) is 31.0 Å². The van der Waals surface area contributed by atoms with Crippen molar-refractivity contribution in [3.05, 3.63) is 48.4 Å². The van der Waals surface area contributed by atoms with Gasteiger partial charge in [-0.3, -0.25) is 9.97 Å². The van der Waals surface area contributed by atoms with Crippen LogP contribution in [0.4, 0.5) is 30.8 Å². The third-order valence-electron chi connectivity index (χ3n) is 3.27. The Morgan fingerprint density at radius 3 is 2.44 bits per heavy atom. The van der Waals surface area contributed by atoms with E-state index in [4.69, 9.17) is 0 Å². The smallest absolute Gasteiger partial charge is 0.352 e. The monoisotopic (exact) mass is 375 g/mol. The van der Waals surface area contributed by atoms with Crippen molar-refractivity contribution in [3.63, 3.8) is 0 Å². The highest BCUT2D eigenvalue weighted by Gasteiger charge is 2.31. The number of alkyl halides is 3. The first-order chi connectivity index (χ1) is 12.8. The molecule has 0 unspecified atom stereocenters. The minimum Gasteiger partial charge on any atom is -0.352 e. The first kappa shape index (κ1) is 18.5. The van der Waals surface area contributed by atoms with Crippen molar-refractivity contribution in [3.8, 4) is 11.5 Å². The Morgan fingerprint density at radius 1 is 1.00 bits per heavy atom. The van der Waals surface area contributed by atoms with Gasteiger partial charge in [-0.25, -0.2) is 0 Å². The van der Waals surface area contributed by atoms with Crippen LogP contribution in [0.2, 0.25) is 0 Å². The van der Waals surface area contributed by atoms with Gasteiger partial charge < -0.3 is 10.6 Å². The number of nitrogens with one attached hydrogen (secondary N) is 2. The molecule has 0 aliphatic rings. The summed E-state index contributed by atoms with van der Waals surface area (Å²) in [6.45, 7) is 3.82. The summed E-state index contributed by atoms with van der Waals surface area (Å²) in [5, 5.41) is 5.80. The van der Waals surface area contributed by atoms with Gasteiger partial charge in [0, 0.05) is 18.4 Å². The van der Waals surface area contributed by atoms with Crippen LogP contribution in [-0.2, 0) is 6.18 Å². The van der Waals surface area contributed by atoms with E-state index in [1.807, 2.05) is 13.8 Å². The van der Waals surface area contributed by atoms with Crippen molar-refractivity contribution < 1.29 is 13.2 Å². The highest BCUT2D eigenvalue weighted by molar-refractivity contribution is 5.58. The molecular weight excluding hydrogens is 359 g/mol. The van der Waals surface area contributed by atoms with Gasteiger partial charge in [0.2, 0.25) is 11.9 Å². The van der Waals surface area contributed by atoms with E-state index < -0.39 is 11.7 Å². The molecule has 0 saturated heterocycles. The Balaban J connectivity index is 1.97. The second kappa shape index (κ2) is 7.52. The molecular formula is C17H16F3N7. The number of aromatic nitrogens is 5. The van der Waals surface area contributed by atoms with Crippen LogP contribution in [0.1, 0.15) is 19.4 Å². The van der Waals surface area contributed by atoms with Crippen molar-refractivity contribution in [2.45, 2.75) is 26.1 Å². The molecule has 7 nitrogen and oxygen atoms in total. The summed E-state index contributed by atoms with van der Waals surface area (Å²) in [4.78, 5) is 20.6. The zero-order chi connectivity index (χ0) is 19.4. The zero-order valence-electron chi connectivity index (χ0n) is 14.5. The van der Waals surface area contributed by atoms with E-state index >= 15 is 0 Å². The quantitative estimate of drug-likeness (QED) is 0.699. The number of halogens is 3. The molecule has 10 heteroatoms. The average molecular weight is 375 g/mol. The van der Waals surface area contributed by atoms with Gasteiger partial charge >= 0.3 is 6.18 Å². The Morgan fingerprint density at radius 2 is 1.78 bits per heavy atom. The van der Waals surface area contributed by atoms with E-state index in [9.17, 15) is 13.2 Å². The van der Waals surface area contributed by atoms with Crippen LogP contribution in [0.3, 0.4) is 0 Å². The second-order valence-electron chi connectivity index (χ2n) is 5.91. The molecule has 0 aromatic carbocycles. The zero-order valence-corrected chi connectivity index (χ0v) is 14.5. The van der Waals surface area contributed by atoms with Gasteiger partial charge in [-0.1, -0.05) is 6.07 Å². The fourth-order valence-corrected chi connectivity index (χ4v) is 2.16. The van der Waals surface area contributed by atoms with E-state index in [1.54, 1.807) is 24.4 Å².